The molecule has 2 nitrogen and oxygen atoms in total. The lowest BCUT2D eigenvalue weighted by Gasteiger charge is -2.24. The molecule has 0 spiro atoms. The number of para-hydroxylation sites is 1. The molecule has 2 aromatic carbocycles. The molecular weight excluding hydrogens is 222 g/mol. The summed E-state index contributed by atoms with van der Waals surface area (Å²) in [5, 5.41) is 9.48. The van der Waals surface area contributed by atoms with E-state index in [1.54, 1.807) is 0 Å². The average molecular weight is 241 g/mol. The maximum atomic E-state index is 9.48. The molecular formula is C16H19NO. The molecule has 1 N–H and O–H groups in total. The predicted molar refractivity (Wildman–Crippen MR) is 76.3 cm³/mol. The van der Waals surface area contributed by atoms with E-state index in [4.69, 9.17) is 0 Å². The average Bonchev–Trinajstić information content (AvgIpc) is 2.38. The van der Waals surface area contributed by atoms with E-state index in [1.807, 2.05) is 32.2 Å². The van der Waals surface area contributed by atoms with Crippen molar-refractivity contribution in [1.29, 1.82) is 0 Å². The summed E-state index contributed by atoms with van der Waals surface area (Å²) in [6.07, 6.45) is 0. The summed E-state index contributed by atoms with van der Waals surface area (Å²) < 4.78 is 0. The normalized spacial score (nSPS) is 10.4. The Morgan fingerprint density at radius 3 is 2.39 bits per heavy atom. The monoisotopic (exact) mass is 241 g/mol. The lowest BCUT2D eigenvalue weighted by molar-refractivity contribution is 0.282. The summed E-state index contributed by atoms with van der Waals surface area (Å²) in [4.78, 5) is 2.13. The van der Waals surface area contributed by atoms with Crippen molar-refractivity contribution in [2.24, 2.45) is 0 Å². The van der Waals surface area contributed by atoms with Crippen LogP contribution in [0.3, 0.4) is 0 Å². The van der Waals surface area contributed by atoms with Gasteiger partial charge < -0.3 is 10.0 Å². The van der Waals surface area contributed by atoms with Gasteiger partial charge in [-0.15, -0.1) is 0 Å². The van der Waals surface area contributed by atoms with Crippen LogP contribution in [-0.4, -0.2) is 12.2 Å². The molecule has 94 valence electrons. The second-order valence-corrected chi connectivity index (χ2v) is 4.64. The molecule has 0 heterocycles. The van der Waals surface area contributed by atoms with Crippen LogP contribution in [0.25, 0.3) is 0 Å². The molecule has 0 aliphatic carbocycles. The fraction of sp³-hybridized carbons (Fsp3) is 0.250. The quantitative estimate of drug-likeness (QED) is 0.888. The highest BCUT2D eigenvalue weighted by atomic mass is 16.3. The molecule has 18 heavy (non-hydrogen) atoms. The van der Waals surface area contributed by atoms with Crippen molar-refractivity contribution < 1.29 is 5.11 Å². The molecule has 2 heteroatoms. The Kier molecular flexibility index (Phi) is 3.68. The minimum Gasteiger partial charge on any atom is -0.392 e. The Hall–Kier alpha value is -1.80. The summed E-state index contributed by atoms with van der Waals surface area (Å²) >= 11 is 0. The van der Waals surface area contributed by atoms with Crippen LogP contribution in [0.2, 0.25) is 0 Å². The smallest absolute Gasteiger partial charge is 0.0702 e. The van der Waals surface area contributed by atoms with E-state index in [0.29, 0.717) is 0 Å². The van der Waals surface area contributed by atoms with Gasteiger partial charge in [-0.2, -0.15) is 0 Å². The third-order valence-corrected chi connectivity index (χ3v) is 3.24. The van der Waals surface area contributed by atoms with Gasteiger partial charge in [-0.3, -0.25) is 0 Å². The molecule has 0 saturated carbocycles. The van der Waals surface area contributed by atoms with Crippen molar-refractivity contribution in [3.63, 3.8) is 0 Å². The van der Waals surface area contributed by atoms with E-state index >= 15 is 0 Å². The maximum Gasteiger partial charge on any atom is 0.0702 e. The summed E-state index contributed by atoms with van der Waals surface area (Å²) in [7, 11) is 2.03. The first-order valence-corrected chi connectivity index (χ1v) is 6.13. The number of aliphatic hydroxyl groups is 1. The Balaban J connectivity index is 2.46. The molecule has 0 saturated heterocycles. The van der Waals surface area contributed by atoms with E-state index in [2.05, 4.69) is 36.1 Å². The predicted octanol–water partition coefficient (Wildman–Crippen LogP) is 3.56. The minimum atomic E-state index is 0.0627. The second-order valence-electron chi connectivity index (χ2n) is 4.64. The van der Waals surface area contributed by atoms with E-state index in [-0.39, 0.29) is 6.61 Å². The summed E-state index contributed by atoms with van der Waals surface area (Å²) in [5.74, 6) is 0. The number of aliphatic hydroxyl groups excluding tert-OH is 1. The lowest BCUT2D eigenvalue weighted by atomic mass is 10.1. The standard InChI is InChI=1S/C16H19NO/c1-12-8-9-16(14(10-12)11-18)17(3)15-7-5-4-6-13(15)2/h4-10,18H,11H2,1-3H3. The van der Waals surface area contributed by atoms with Gasteiger partial charge in [0.2, 0.25) is 0 Å². The lowest BCUT2D eigenvalue weighted by Crippen LogP contribution is -2.13. The molecule has 0 aliphatic heterocycles. The largest absolute Gasteiger partial charge is 0.392 e. The fourth-order valence-electron chi connectivity index (χ4n) is 2.24. The van der Waals surface area contributed by atoms with Crippen LogP contribution in [0.5, 0.6) is 0 Å². The molecule has 0 unspecified atom stereocenters. The van der Waals surface area contributed by atoms with Crippen molar-refractivity contribution >= 4 is 11.4 Å². The molecule has 0 radical (unpaired) electrons. The first kappa shape index (κ1) is 12.7. The van der Waals surface area contributed by atoms with E-state index in [9.17, 15) is 5.11 Å². The molecule has 2 rings (SSSR count). The van der Waals surface area contributed by atoms with Gasteiger partial charge in [0.1, 0.15) is 0 Å². The molecule has 0 bridgehead atoms. The number of aryl methyl sites for hydroxylation is 2. The Labute approximate surface area is 109 Å². The molecule has 0 amide bonds. The molecule has 0 fully saturated rings. The van der Waals surface area contributed by atoms with Crippen LogP contribution in [0, 0.1) is 13.8 Å². The summed E-state index contributed by atoms with van der Waals surface area (Å²) in [5.41, 5.74) is 5.57. The summed E-state index contributed by atoms with van der Waals surface area (Å²) in [6.45, 7) is 4.20. The second kappa shape index (κ2) is 5.23. The number of hydrogen-bond acceptors (Lipinski definition) is 2. The third kappa shape index (κ3) is 2.39. The van der Waals surface area contributed by atoms with Gasteiger partial charge in [0, 0.05) is 24.0 Å². The van der Waals surface area contributed by atoms with Crippen LogP contribution < -0.4 is 4.90 Å². The Morgan fingerprint density at radius 1 is 1.00 bits per heavy atom. The van der Waals surface area contributed by atoms with Gasteiger partial charge in [-0.1, -0.05) is 35.9 Å². The highest BCUT2D eigenvalue weighted by molar-refractivity contribution is 5.68. The first-order valence-electron chi connectivity index (χ1n) is 6.13. The number of benzene rings is 2. The number of hydrogen-bond donors (Lipinski definition) is 1. The molecule has 0 aliphatic rings. The zero-order chi connectivity index (χ0) is 13.1. The highest BCUT2D eigenvalue weighted by Crippen LogP contribution is 2.29. The Morgan fingerprint density at radius 2 is 1.72 bits per heavy atom. The summed E-state index contributed by atoms with van der Waals surface area (Å²) in [6, 6.07) is 14.4. The number of anilines is 2. The molecule has 0 aromatic heterocycles. The molecule has 2 aromatic rings. The number of rotatable bonds is 3. The minimum absolute atomic E-state index is 0.0627. The first-order chi connectivity index (χ1) is 8.63. The maximum absolute atomic E-state index is 9.48. The van der Waals surface area contributed by atoms with Crippen LogP contribution in [-0.2, 0) is 6.61 Å². The van der Waals surface area contributed by atoms with Crippen molar-refractivity contribution in [2.45, 2.75) is 20.5 Å². The van der Waals surface area contributed by atoms with Crippen LogP contribution in [0.15, 0.2) is 42.5 Å². The van der Waals surface area contributed by atoms with E-state index in [0.717, 1.165) is 16.9 Å². The third-order valence-electron chi connectivity index (χ3n) is 3.24. The van der Waals surface area contributed by atoms with Gasteiger partial charge in [0.25, 0.3) is 0 Å². The van der Waals surface area contributed by atoms with Crippen molar-refractivity contribution in [3.8, 4) is 0 Å². The van der Waals surface area contributed by atoms with Crippen LogP contribution in [0.4, 0.5) is 11.4 Å². The topological polar surface area (TPSA) is 23.5 Å². The van der Waals surface area contributed by atoms with Gasteiger partial charge in [0.05, 0.1) is 6.61 Å². The van der Waals surface area contributed by atoms with Crippen molar-refractivity contribution in [2.75, 3.05) is 11.9 Å². The number of nitrogens with zero attached hydrogens (tertiary/aromatic N) is 1. The van der Waals surface area contributed by atoms with E-state index < -0.39 is 0 Å². The van der Waals surface area contributed by atoms with Crippen LogP contribution >= 0.6 is 0 Å². The molecule has 0 atom stereocenters. The highest BCUT2D eigenvalue weighted by Gasteiger charge is 2.10. The van der Waals surface area contributed by atoms with Gasteiger partial charge in [0.15, 0.2) is 0 Å². The zero-order valence-electron chi connectivity index (χ0n) is 11.1. The Bertz CT molecular complexity index is 549. The van der Waals surface area contributed by atoms with E-state index in [1.165, 1.54) is 11.1 Å². The fourth-order valence-corrected chi connectivity index (χ4v) is 2.24. The zero-order valence-corrected chi connectivity index (χ0v) is 11.1. The van der Waals surface area contributed by atoms with Gasteiger partial charge in [-0.25, -0.2) is 0 Å². The van der Waals surface area contributed by atoms with Gasteiger partial charge >= 0.3 is 0 Å². The van der Waals surface area contributed by atoms with Crippen LogP contribution in [0.1, 0.15) is 16.7 Å². The van der Waals surface area contributed by atoms with Crippen molar-refractivity contribution in [1.82, 2.24) is 0 Å². The van der Waals surface area contributed by atoms with Crippen molar-refractivity contribution in [3.05, 3.63) is 59.2 Å². The van der Waals surface area contributed by atoms with Gasteiger partial charge in [-0.05, 0) is 31.5 Å². The SMILES string of the molecule is Cc1ccc(N(C)c2ccccc2C)c(CO)c1.